The number of hydrogen-bond acceptors (Lipinski definition) is 1. The van der Waals surface area contributed by atoms with Gasteiger partial charge in [-0.1, -0.05) is 6.07 Å². The lowest BCUT2D eigenvalue weighted by molar-refractivity contribution is 0.101. The summed E-state index contributed by atoms with van der Waals surface area (Å²) in [5, 5.41) is 1.97. The lowest BCUT2D eigenvalue weighted by Crippen LogP contribution is -2.16. The van der Waals surface area contributed by atoms with Crippen LogP contribution in [0.15, 0.2) is 36.4 Å². The van der Waals surface area contributed by atoms with Gasteiger partial charge in [0.25, 0.3) is 5.91 Å². The van der Waals surface area contributed by atoms with Crippen LogP contribution in [0.3, 0.4) is 0 Å². The molecule has 0 unspecified atom stereocenters. The number of benzene rings is 2. The number of carbonyl (C=O) groups excluding carboxylic acids is 1. The van der Waals surface area contributed by atoms with E-state index >= 15 is 0 Å². The molecule has 2 rings (SSSR count). The molecule has 2 nitrogen and oxygen atoms in total. The second-order valence-corrected chi connectivity index (χ2v) is 3.67. The number of rotatable bonds is 2. The van der Waals surface area contributed by atoms with E-state index in [4.69, 9.17) is 0 Å². The van der Waals surface area contributed by atoms with E-state index in [1.54, 1.807) is 0 Å². The van der Waals surface area contributed by atoms with Crippen molar-refractivity contribution in [1.29, 1.82) is 0 Å². The first-order chi connectivity index (χ1) is 8.99. The summed E-state index contributed by atoms with van der Waals surface area (Å²) in [7, 11) is 0. The number of halogens is 4. The fourth-order valence-electron chi connectivity index (χ4n) is 1.49. The zero-order valence-corrected chi connectivity index (χ0v) is 9.38. The Bertz CT molecular complexity index is 622. The molecule has 0 fully saturated rings. The second kappa shape index (κ2) is 5.09. The van der Waals surface area contributed by atoms with E-state index in [-0.39, 0.29) is 5.69 Å². The van der Waals surface area contributed by atoms with E-state index in [2.05, 4.69) is 0 Å². The Morgan fingerprint density at radius 1 is 0.895 bits per heavy atom. The van der Waals surface area contributed by atoms with Gasteiger partial charge in [0.2, 0.25) is 0 Å². The van der Waals surface area contributed by atoms with Crippen molar-refractivity contribution >= 4 is 11.6 Å². The zero-order valence-electron chi connectivity index (χ0n) is 9.38. The van der Waals surface area contributed by atoms with Crippen molar-refractivity contribution < 1.29 is 22.4 Å². The van der Waals surface area contributed by atoms with Crippen LogP contribution in [0.2, 0.25) is 0 Å². The van der Waals surface area contributed by atoms with Gasteiger partial charge in [-0.05, 0) is 24.3 Å². The predicted molar refractivity (Wildman–Crippen MR) is 60.7 cm³/mol. The minimum atomic E-state index is -1.15. The Kier molecular flexibility index (Phi) is 3.50. The molecular weight excluding hydrogens is 262 g/mol. The fraction of sp³-hybridized carbons (Fsp3) is 0. The van der Waals surface area contributed by atoms with Gasteiger partial charge in [0, 0.05) is 6.07 Å². The molecule has 0 atom stereocenters. The van der Waals surface area contributed by atoms with Crippen LogP contribution < -0.4 is 5.32 Å². The van der Waals surface area contributed by atoms with Crippen LogP contribution in [-0.2, 0) is 0 Å². The molecule has 0 saturated carbocycles. The first kappa shape index (κ1) is 13.1. The number of carbonyl (C=O) groups is 1. The van der Waals surface area contributed by atoms with Gasteiger partial charge < -0.3 is 5.32 Å². The molecule has 98 valence electrons. The molecule has 0 aliphatic carbocycles. The molecule has 0 radical (unpaired) electrons. The molecule has 0 heterocycles. The third-order valence-corrected chi connectivity index (χ3v) is 2.37. The van der Waals surface area contributed by atoms with E-state index in [1.807, 2.05) is 5.32 Å². The molecular formula is C13H7F4NO. The molecule has 6 heteroatoms. The Hall–Kier alpha value is -2.37. The molecule has 0 bridgehead atoms. The maximum Gasteiger partial charge on any atom is 0.261 e. The molecule has 0 saturated heterocycles. The summed E-state index contributed by atoms with van der Waals surface area (Å²) in [5.74, 6) is -5.15. The normalized spacial score (nSPS) is 10.3. The molecule has 0 spiro atoms. The summed E-state index contributed by atoms with van der Waals surface area (Å²) >= 11 is 0. The van der Waals surface area contributed by atoms with Gasteiger partial charge in [0.05, 0.1) is 5.69 Å². The fourth-order valence-corrected chi connectivity index (χ4v) is 1.49. The molecule has 2 aromatic rings. The summed E-state index contributed by atoms with van der Waals surface area (Å²) in [6.07, 6.45) is 0. The van der Waals surface area contributed by atoms with Gasteiger partial charge >= 0.3 is 0 Å². The van der Waals surface area contributed by atoms with E-state index < -0.39 is 34.7 Å². The monoisotopic (exact) mass is 269 g/mol. The maximum atomic E-state index is 13.3. The topological polar surface area (TPSA) is 29.1 Å². The Labute approximate surface area is 105 Å². The highest BCUT2D eigenvalue weighted by Gasteiger charge is 2.18. The van der Waals surface area contributed by atoms with Crippen molar-refractivity contribution in [2.75, 3.05) is 5.32 Å². The summed E-state index contributed by atoms with van der Waals surface area (Å²) in [5.41, 5.74) is -1.19. The van der Waals surface area contributed by atoms with Crippen LogP contribution in [0.1, 0.15) is 10.4 Å². The van der Waals surface area contributed by atoms with Crippen LogP contribution in [0.25, 0.3) is 0 Å². The second-order valence-electron chi connectivity index (χ2n) is 3.67. The first-order valence-electron chi connectivity index (χ1n) is 5.19. The van der Waals surface area contributed by atoms with Crippen LogP contribution in [0, 0.1) is 23.3 Å². The van der Waals surface area contributed by atoms with Crippen LogP contribution in [0.4, 0.5) is 23.2 Å². The third kappa shape index (κ3) is 2.73. The molecule has 19 heavy (non-hydrogen) atoms. The highest BCUT2D eigenvalue weighted by atomic mass is 19.1. The first-order valence-corrected chi connectivity index (χ1v) is 5.19. The minimum absolute atomic E-state index is 0.367. The van der Waals surface area contributed by atoms with Gasteiger partial charge in [-0.15, -0.1) is 0 Å². The van der Waals surface area contributed by atoms with Crippen LogP contribution >= 0.6 is 0 Å². The van der Waals surface area contributed by atoms with Gasteiger partial charge in [-0.2, -0.15) is 0 Å². The summed E-state index contributed by atoms with van der Waals surface area (Å²) in [6.45, 7) is 0. The number of hydrogen-bond donors (Lipinski definition) is 1. The van der Waals surface area contributed by atoms with Crippen molar-refractivity contribution in [2.45, 2.75) is 0 Å². The van der Waals surface area contributed by atoms with Crippen LogP contribution in [0.5, 0.6) is 0 Å². The van der Waals surface area contributed by atoms with Crippen molar-refractivity contribution in [3.8, 4) is 0 Å². The SMILES string of the molecule is O=C(Nc1ccc(F)cc1F)c1c(F)cccc1F. The number of nitrogens with one attached hydrogen (secondary N) is 1. The Morgan fingerprint density at radius 2 is 1.53 bits per heavy atom. The highest BCUT2D eigenvalue weighted by Crippen LogP contribution is 2.18. The molecule has 0 aliphatic heterocycles. The van der Waals surface area contributed by atoms with Crippen molar-refractivity contribution in [3.05, 3.63) is 65.2 Å². The van der Waals surface area contributed by atoms with Crippen molar-refractivity contribution in [1.82, 2.24) is 0 Å². The molecule has 1 amide bonds. The molecule has 1 N–H and O–H groups in total. The van der Waals surface area contributed by atoms with Gasteiger partial charge in [-0.25, -0.2) is 17.6 Å². The molecule has 0 aromatic heterocycles. The van der Waals surface area contributed by atoms with Gasteiger partial charge in [-0.3, -0.25) is 4.79 Å². The summed E-state index contributed by atoms with van der Waals surface area (Å²) in [6, 6.07) is 5.32. The summed E-state index contributed by atoms with van der Waals surface area (Å²) in [4.78, 5) is 11.6. The van der Waals surface area contributed by atoms with E-state index in [0.29, 0.717) is 6.07 Å². The maximum absolute atomic E-state index is 13.3. The Morgan fingerprint density at radius 3 is 2.11 bits per heavy atom. The van der Waals surface area contributed by atoms with E-state index in [0.717, 1.165) is 30.3 Å². The average molecular weight is 269 g/mol. The summed E-state index contributed by atoms with van der Waals surface area (Å²) < 4.78 is 52.6. The van der Waals surface area contributed by atoms with Gasteiger partial charge in [0.1, 0.15) is 28.8 Å². The minimum Gasteiger partial charge on any atom is -0.319 e. The third-order valence-electron chi connectivity index (χ3n) is 2.37. The highest BCUT2D eigenvalue weighted by molar-refractivity contribution is 6.04. The Balaban J connectivity index is 2.31. The van der Waals surface area contributed by atoms with E-state index in [9.17, 15) is 22.4 Å². The largest absolute Gasteiger partial charge is 0.319 e. The molecule has 0 aliphatic rings. The molecule has 2 aromatic carbocycles. The number of anilines is 1. The zero-order chi connectivity index (χ0) is 14.0. The van der Waals surface area contributed by atoms with E-state index in [1.165, 1.54) is 0 Å². The average Bonchev–Trinajstić information content (AvgIpc) is 2.32. The smallest absolute Gasteiger partial charge is 0.261 e. The lowest BCUT2D eigenvalue weighted by Gasteiger charge is -2.07. The van der Waals surface area contributed by atoms with Gasteiger partial charge in [0.15, 0.2) is 0 Å². The quantitative estimate of drug-likeness (QED) is 0.831. The van der Waals surface area contributed by atoms with Crippen LogP contribution in [-0.4, -0.2) is 5.91 Å². The van der Waals surface area contributed by atoms with Crippen molar-refractivity contribution in [3.63, 3.8) is 0 Å². The standard InChI is InChI=1S/C13H7F4NO/c14-7-4-5-11(10(17)6-7)18-13(19)12-8(15)2-1-3-9(12)16/h1-6H,(H,18,19). The predicted octanol–water partition coefficient (Wildman–Crippen LogP) is 3.50. The number of amides is 1. The lowest BCUT2D eigenvalue weighted by atomic mass is 10.1. The van der Waals surface area contributed by atoms with Crippen molar-refractivity contribution in [2.24, 2.45) is 0 Å².